The maximum Gasteiger partial charge on any atom is 0.433 e. The summed E-state index contributed by atoms with van der Waals surface area (Å²) in [6.45, 7) is 0. The highest BCUT2D eigenvalue weighted by Crippen LogP contribution is 2.32. The smallest absolute Gasteiger partial charge is 0.433 e. The van der Waals surface area contributed by atoms with Crippen molar-refractivity contribution in [2.75, 3.05) is 5.75 Å². The summed E-state index contributed by atoms with van der Waals surface area (Å²) in [5, 5.41) is 0.326. The average molecular weight is 399 g/mol. The van der Waals surface area contributed by atoms with E-state index in [9.17, 15) is 18.0 Å². The van der Waals surface area contributed by atoms with E-state index in [1.54, 1.807) is 30.3 Å². The quantitative estimate of drug-likeness (QED) is 0.328. The van der Waals surface area contributed by atoms with Gasteiger partial charge in [0.2, 0.25) is 0 Å². The molecule has 3 rings (SSSR count). The van der Waals surface area contributed by atoms with Gasteiger partial charge in [0, 0.05) is 10.6 Å². The van der Waals surface area contributed by atoms with Crippen molar-refractivity contribution in [1.29, 1.82) is 0 Å². The first-order valence-electron chi connectivity index (χ1n) is 7.24. The van der Waals surface area contributed by atoms with Gasteiger partial charge in [0.25, 0.3) is 0 Å². The zero-order valence-electron chi connectivity index (χ0n) is 13.0. The van der Waals surface area contributed by atoms with E-state index >= 15 is 0 Å². The lowest BCUT2D eigenvalue weighted by atomic mass is 10.1. The van der Waals surface area contributed by atoms with Crippen molar-refractivity contribution in [1.82, 2.24) is 9.97 Å². The highest BCUT2D eigenvalue weighted by Gasteiger charge is 2.34. The predicted molar refractivity (Wildman–Crippen MR) is 91.2 cm³/mol. The molecule has 0 aliphatic carbocycles. The van der Waals surface area contributed by atoms with Crippen LogP contribution in [-0.4, -0.2) is 21.5 Å². The van der Waals surface area contributed by atoms with Crippen LogP contribution in [0.1, 0.15) is 16.1 Å². The molecule has 0 radical (unpaired) electrons. The fourth-order valence-corrected chi connectivity index (χ4v) is 2.91. The molecule has 0 saturated carbocycles. The molecular formula is C17H10ClF3N2O2S. The summed E-state index contributed by atoms with van der Waals surface area (Å²) >= 11 is 6.59. The number of halogens is 4. The number of rotatable bonds is 5. The Morgan fingerprint density at radius 2 is 1.88 bits per heavy atom. The molecule has 26 heavy (non-hydrogen) atoms. The summed E-state index contributed by atoms with van der Waals surface area (Å²) in [5.74, 6) is -0.198. The van der Waals surface area contributed by atoms with Crippen molar-refractivity contribution >= 4 is 29.1 Å². The minimum atomic E-state index is -4.64. The van der Waals surface area contributed by atoms with Crippen molar-refractivity contribution in [2.24, 2.45) is 0 Å². The number of carbonyl (C=O) groups excluding carboxylic acids is 1. The summed E-state index contributed by atoms with van der Waals surface area (Å²) in [6, 6.07) is 10.1. The Balaban J connectivity index is 1.83. The van der Waals surface area contributed by atoms with Gasteiger partial charge in [-0.2, -0.15) is 13.2 Å². The van der Waals surface area contributed by atoms with Crippen molar-refractivity contribution in [3.63, 3.8) is 0 Å². The first-order valence-corrected chi connectivity index (χ1v) is 8.61. The number of carbonyl (C=O) groups is 1. The van der Waals surface area contributed by atoms with E-state index in [2.05, 4.69) is 9.97 Å². The molecule has 0 N–H and O–H groups in total. The first-order chi connectivity index (χ1) is 12.3. The van der Waals surface area contributed by atoms with E-state index in [0.717, 1.165) is 17.8 Å². The third-order valence-electron chi connectivity index (χ3n) is 3.27. The second-order valence-corrected chi connectivity index (χ2v) is 6.49. The molecule has 0 saturated heterocycles. The van der Waals surface area contributed by atoms with Crippen LogP contribution in [0.25, 0.3) is 11.5 Å². The monoisotopic (exact) mass is 398 g/mol. The number of hydrogen-bond donors (Lipinski definition) is 0. The van der Waals surface area contributed by atoms with E-state index in [4.69, 9.17) is 16.0 Å². The fourth-order valence-electron chi connectivity index (χ4n) is 2.03. The Bertz CT molecular complexity index is 913. The molecule has 0 atom stereocenters. The number of hydrogen-bond acceptors (Lipinski definition) is 5. The largest absolute Gasteiger partial charge is 0.463 e. The Morgan fingerprint density at radius 3 is 2.50 bits per heavy atom. The Hall–Kier alpha value is -2.32. The molecule has 0 fully saturated rings. The van der Waals surface area contributed by atoms with Crippen LogP contribution >= 0.6 is 23.4 Å². The normalized spacial score (nSPS) is 11.5. The lowest BCUT2D eigenvalue weighted by molar-refractivity contribution is -0.141. The van der Waals surface area contributed by atoms with Gasteiger partial charge in [0.05, 0.1) is 12.0 Å². The number of nitrogens with zero attached hydrogens (tertiary/aromatic N) is 2. The van der Waals surface area contributed by atoms with Crippen LogP contribution in [0.5, 0.6) is 0 Å². The van der Waals surface area contributed by atoms with E-state index in [-0.39, 0.29) is 28.1 Å². The van der Waals surface area contributed by atoms with E-state index in [1.807, 2.05) is 0 Å². The number of Topliss-reactive ketones (excluding diaryl/α,β-unsaturated/α-hetero) is 1. The molecule has 0 aliphatic heterocycles. The molecule has 4 nitrogen and oxygen atoms in total. The van der Waals surface area contributed by atoms with Gasteiger partial charge in [0.1, 0.15) is 11.4 Å². The van der Waals surface area contributed by atoms with Gasteiger partial charge in [0.15, 0.2) is 16.7 Å². The second kappa shape index (κ2) is 7.51. The zero-order chi connectivity index (χ0) is 18.7. The van der Waals surface area contributed by atoms with Gasteiger partial charge in [-0.05, 0) is 42.5 Å². The lowest BCUT2D eigenvalue weighted by Gasteiger charge is -2.09. The van der Waals surface area contributed by atoms with Crippen LogP contribution in [0.15, 0.2) is 58.3 Å². The van der Waals surface area contributed by atoms with Crippen molar-refractivity contribution in [2.45, 2.75) is 11.3 Å². The zero-order valence-corrected chi connectivity index (χ0v) is 14.5. The SMILES string of the molecule is O=C(CSc1nc(-c2ccco2)cc(C(F)(F)F)n1)c1ccc(Cl)cc1. The molecule has 3 aromatic rings. The molecule has 0 amide bonds. The molecule has 9 heteroatoms. The lowest BCUT2D eigenvalue weighted by Crippen LogP contribution is -2.11. The van der Waals surface area contributed by atoms with Gasteiger partial charge in [-0.1, -0.05) is 23.4 Å². The number of furan rings is 1. The van der Waals surface area contributed by atoms with Crippen LogP contribution in [0.3, 0.4) is 0 Å². The fraction of sp³-hybridized carbons (Fsp3) is 0.118. The molecule has 0 unspecified atom stereocenters. The Labute approximate surface area is 155 Å². The van der Waals surface area contributed by atoms with Crippen molar-refractivity contribution in [3.05, 3.63) is 65.0 Å². The molecule has 2 aromatic heterocycles. The number of alkyl halides is 3. The van der Waals surface area contributed by atoms with E-state index in [0.29, 0.717) is 10.6 Å². The summed E-state index contributed by atoms with van der Waals surface area (Å²) < 4.78 is 44.3. The third kappa shape index (κ3) is 4.44. The maximum absolute atomic E-state index is 13.1. The standard InChI is InChI=1S/C17H10ClF3N2O2S/c18-11-5-3-10(4-6-11)13(24)9-26-16-22-12(14-2-1-7-25-14)8-15(23-16)17(19,20)21/h1-8H,9H2. The number of thioether (sulfide) groups is 1. The molecular weight excluding hydrogens is 389 g/mol. The molecule has 0 aliphatic rings. The van der Waals surface area contributed by atoms with E-state index in [1.165, 1.54) is 12.3 Å². The van der Waals surface area contributed by atoms with Gasteiger partial charge in [-0.15, -0.1) is 0 Å². The van der Waals surface area contributed by atoms with Crippen LogP contribution in [0.4, 0.5) is 13.2 Å². The van der Waals surface area contributed by atoms with Crippen LogP contribution in [0, 0.1) is 0 Å². The Kier molecular flexibility index (Phi) is 5.33. The van der Waals surface area contributed by atoms with E-state index < -0.39 is 11.9 Å². The van der Waals surface area contributed by atoms with Gasteiger partial charge >= 0.3 is 6.18 Å². The summed E-state index contributed by atoms with van der Waals surface area (Å²) in [7, 11) is 0. The second-order valence-electron chi connectivity index (χ2n) is 5.11. The highest BCUT2D eigenvalue weighted by molar-refractivity contribution is 7.99. The van der Waals surface area contributed by atoms with Gasteiger partial charge < -0.3 is 4.42 Å². The molecule has 2 heterocycles. The molecule has 0 bridgehead atoms. The minimum Gasteiger partial charge on any atom is -0.463 e. The summed E-state index contributed by atoms with van der Waals surface area (Å²) in [6.07, 6.45) is -3.30. The molecule has 134 valence electrons. The van der Waals surface area contributed by atoms with Crippen molar-refractivity contribution < 1.29 is 22.4 Å². The molecule has 1 aromatic carbocycles. The van der Waals surface area contributed by atoms with Crippen LogP contribution in [0.2, 0.25) is 5.02 Å². The maximum atomic E-state index is 13.1. The predicted octanol–water partition coefficient (Wildman–Crippen LogP) is 5.38. The highest BCUT2D eigenvalue weighted by atomic mass is 35.5. The van der Waals surface area contributed by atoms with Gasteiger partial charge in [-0.3, -0.25) is 4.79 Å². The minimum absolute atomic E-state index is 0.00114. The Morgan fingerprint density at radius 1 is 1.15 bits per heavy atom. The number of benzene rings is 1. The van der Waals surface area contributed by atoms with Crippen LogP contribution in [-0.2, 0) is 6.18 Å². The first kappa shape index (κ1) is 18.5. The van der Waals surface area contributed by atoms with Gasteiger partial charge in [-0.25, -0.2) is 9.97 Å². The van der Waals surface area contributed by atoms with Crippen LogP contribution < -0.4 is 0 Å². The third-order valence-corrected chi connectivity index (χ3v) is 4.37. The van der Waals surface area contributed by atoms with Crippen molar-refractivity contribution in [3.8, 4) is 11.5 Å². The molecule has 0 spiro atoms. The summed E-state index contributed by atoms with van der Waals surface area (Å²) in [4.78, 5) is 19.7. The summed E-state index contributed by atoms with van der Waals surface area (Å²) in [5.41, 5.74) is -0.695. The number of ketones is 1. The topological polar surface area (TPSA) is 56.0 Å². The number of aromatic nitrogens is 2. The average Bonchev–Trinajstić information content (AvgIpc) is 3.14.